The predicted molar refractivity (Wildman–Crippen MR) is 47.2 cm³/mol. The molecule has 1 heterocycles. The van der Waals surface area contributed by atoms with Crippen molar-refractivity contribution in [2.45, 2.75) is 12.5 Å². The Morgan fingerprint density at radius 2 is 2.25 bits per heavy atom. The van der Waals surface area contributed by atoms with Crippen molar-refractivity contribution in [3.63, 3.8) is 0 Å². The lowest BCUT2D eigenvalue weighted by Crippen LogP contribution is -2.56. The van der Waals surface area contributed by atoms with Crippen LogP contribution in [0.3, 0.4) is 0 Å². The monoisotopic (exact) mass is 283 g/mol. The van der Waals surface area contributed by atoms with Crippen LogP contribution in [0.15, 0.2) is 0 Å². The highest BCUT2D eigenvalue weighted by Crippen LogP contribution is 1.98. The second-order valence-electron chi connectivity index (χ2n) is 2.24. The molecule has 0 radical (unpaired) electrons. The number of hydrogen-bond donors (Lipinski definition) is 3. The SMILES string of the molecule is O=C1C[C@@H](C(=O)NI)NC(=O)N1. The number of halogens is 1. The van der Waals surface area contributed by atoms with Gasteiger partial charge in [-0.25, -0.2) is 4.79 Å². The number of urea groups is 1. The molecule has 0 unspecified atom stereocenters. The average Bonchev–Trinajstić information content (AvgIpc) is 2.01. The summed E-state index contributed by atoms with van der Waals surface area (Å²) in [5.74, 6) is -0.817. The highest BCUT2D eigenvalue weighted by Gasteiger charge is 2.28. The molecule has 1 aliphatic rings. The Bertz CT molecular complexity index is 226. The van der Waals surface area contributed by atoms with Crippen molar-refractivity contribution in [2.24, 2.45) is 0 Å². The fourth-order valence-corrected chi connectivity index (χ4v) is 1.21. The summed E-state index contributed by atoms with van der Waals surface area (Å²) in [5, 5.41) is 4.33. The Balaban J connectivity index is 2.61. The number of carbonyl (C=O) groups is 3. The van der Waals surface area contributed by atoms with Gasteiger partial charge in [0.2, 0.25) is 5.91 Å². The summed E-state index contributed by atoms with van der Waals surface area (Å²) in [6, 6.07) is -1.38. The van der Waals surface area contributed by atoms with Gasteiger partial charge in [-0.2, -0.15) is 0 Å². The van der Waals surface area contributed by atoms with E-state index in [1.165, 1.54) is 0 Å². The van der Waals surface area contributed by atoms with E-state index in [-0.39, 0.29) is 12.3 Å². The number of amides is 4. The Morgan fingerprint density at radius 1 is 1.58 bits per heavy atom. The van der Waals surface area contributed by atoms with Gasteiger partial charge < -0.3 is 5.32 Å². The molecule has 66 valence electrons. The predicted octanol–water partition coefficient (Wildman–Crippen LogP) is -0.949. The Labute approximate surface area is 81.9 Å². The fourth-order valence-electron chi connectivity index (χ4n) is 0.833. The van der Waals surface area contributed by atoms with E-state index in [0.29, 0.717) is 0 Å². The maximum Gasteiger partial charge on any atom is 0.322 e. The van der Waals surface area contributed by atoms with Crippen LogP contribution in [0.25, 0.3) is 0 Å². The number of imide groups is 1. The first-order chi connectivity index (χ1) is 5.63. The van der Waals surface area contributed by atoms with Crippen molar-refractivity contribution in [3.05, 3.63) is 0 Å². The zero-order chi connectivity index (χ0) is 9.14. The molecule has 1 fully saturated rings. The maximum absolute atomic E-state index is 10.9. The van der Waals surface area contributed by atoms with Gasteiger partial charge in [-0.15, -0.1) is 0 Å². The molecule has 0 aliphatic carbocycles. The van der Waals surface area contributed by atoms with Crippen molar-refractivity contribution in [3.8, 4) is 0 Å². The van der Waals surface area contributed by atoms with Crippen molar-refractivity contribution >= 4 is 40.7 Å². The first-order valence-electron chi connectivity index (χ1n) is 3.14. The minimum atomic E-state index is -0.747. The van der Waals surface area contributed by atoms with E-state index in [9.17, 15) is 14.4 Å². The van der Waals surface area contributed by atoms with Crippen molar-refractivity contribution in [2.75, 3.05) is 0 Å². The maximum atomic E-state index is 10.9. The molecule has 0 aromatic heterocycles. The van der Waals surface area contributed by atoms with Gasteiger partial charge >= 0.3 is 6.03 Å². The third-order valence-corrected chi connectivity index (χ3v) is 1.89. The van der Waals surface area contributed by atoms with Gasteiger partial charge in [0.1, 0.15) is 6.04 Å². The van der Waals surface area contributed by atoms with E-state index in [4.69, 9.17) is 0 Å². The van der Waals surface area contributed by atoms with Crippen molar-refractivity contribution in [1.29, 1.82) is 0 Å². The molecular weight excluding hydrogens is 277 g/mol. The van der Waals surface area contributed by atoms with Crippen LogP contribution in [0.1, 0.15) is 6.42 Å². The van der Waals surface area contributed by atoms with Crippen LogP contribution < -0.4 is 14.2 Å². The summed E-state index contributed by atoms with van der Waals surface area (Å²) in [6.07, 6.45) is -0.0133. The second-order valence-corrected chi connectivity index (χ2v) is 2.78. The molecule has 0 bridgehead atoms. The molecule has 0 aromatic rings. The second kappa shape index (κ2) is 3.70. The highest BCUT2D eigenvalue weighted by molar-refractivity contribution is 14.1. The molecule has 1 saturated heterocycles. The van der Waals surface area contributed by atoms with E-state index >= 15 is 0 Å². The number of carbonyl (C=O) groups excluding carboxylic acids is 3. The largest absolute Gasteiger partial charge is 0.325 e. The summed E-state index contributed by atoms with van der Waals surface area (Å²) in [4.78, 5) is 32.4. The van der Waals surface area contributed by atoms with E-state index in [1.54, 1.807) is 22.9 Å². The molecule has 7 heteroatoms. The van der Waals surface area contributed by atoms with Gasteiger partial charge in [-0.1, -0.05) is 0 Å². The number of rotatable bonds is 1. The minimum Gasteiger partial charge on any atom is -0.325 e. The normalized spacial score (nSPS) is 22.6. The topological polar surface area (TPSA) is 87.3 Å². The van der Waals surface area contributed by atoms with Gasteiger partial charge in [0.05, 0.1) is 29.3 Å². The van der Waals surface area contributed by atoms with Gasteiger partial charge in [0, 0.05) is 0 Å². The van der Waals surface area contributed by atoms with Crippen LogP contribution in [0, 0.1) is 0 Å². The Kier molecular flexibility index (Phi) is 2.84. The van der Waals surface area contributed by atoms with E-state index < -0.39 is 18.0 Å². The lowest BCUT2D eigenvalue weighted by atomic mass is 10.1. The van der Waals surface area contributed by atoms with Crippen LogP contribution in [-0.2, 0) is 9.59 Å². The summed E-state index contributed by atoms with van der Waals surface area (Å²) in [6.45, 7) is 0. The zero-order valence-electron chi connectivity index (χ0n) is 5.89. The molecule has 0 spiro atoms. The molecule has 4 amide bonds. The average molecular weight is 283 g/mol. The van der Waals surface area contributed by atoms with Crippen LogP contribution in [0.5, 0.6) is 0 Å². The fraction of sp³-hybridized carbons (Fsp3) is 0.400. The molecule has 1 aliphatic heterocycles. The third-order valence-electron chi connectivity index (χ3n) is 1.36. The summed E-state index contributed by atoms with van der Waals surface area (Å²) in [7, 11) is 0. The smallest absolute Gasteiger partial charge is 0.322 e. The quantitative estimate of drug-likeness (QED) is 0.428. The first-order valence-corrected chi connectivity index (χ1v) is 4.22. The molecule has 0 saturated carbocycles. The lowest BCUT2D eigenvalue weighted by Gasteiger charge is -2.20. The van der Waals surface area contributed by atoms with Gasteiger partial charge in [-0.05, 0) is 0 Å². The molecule has 0 aromatic carbocycles. The minimum absolute atomic E-state index is 0.0133. The summed E-state index contributed by atoms with van der Waals surface area (Å²) in [5.41, 5.74) is 0. The lowest BCUT2D eigenvalue weighted by molar-refractivity contribution is -0.127. The third kappa shape index (κ3) is 2.06. The number of hydrogen-bond acceptors (Lipinski definition) is 3. The van der Waals surface area contributed by atoms with Crippen LogP contribution in [0.2, 0.25) is 0 Å². The van der Waals surface area contributed by atoms with E-state index in [2.05, 4.69) is 8.85 Å². The summed E-state index contributed by atoms with van der Waals surface area (Å²) < 4.78 is 2.31. The molecule has 3 N–H and O–H groups in total. The Hall–Kier alpha value is -0.860. The van der Waals surface area contributed by atoms with Gasteiger partial charge in [0.15, 0.2) is 0 Å². The highest BCUT2D eigenvalue weighted by atomic mass is 127. The first kappa shape index (κ1) is 9.23. The molecule has 1 atom stereocenters. The summed E-state index contributed by atoms with van der Waals surface area (Å²) >= 11 is 1.65. The van der Waals surface area contributed by atoms with E-state index in [1.807, 2.05) is 5.32 Å². The van der Waals surface area contributed by atoms with E-state index in [0.717, 1.165) is 0 Å². The van der Waals surface area contributed by atoms with Crippen molar-refractivity contribution < 1.29 is 14.4 Å². The zero-order valence-corrected chi connectivity index (χ0v) is 8.04. The van der Waals surface area contributed by atoms with Gasteiger partial charge in [0.25, 0.3) is 5.91 Å². The van der Waals surface area contributed by atoms with Crippen LogP contribution in [-0.4, -0.2) is 23.9 Å². The molecule has 6 nitrogen and oxygen atoms in total. The Morgan fingerprint density at radius 3 is 2.75 bits per heavy atom. The number of nitrogens with one attached hydrogen (secondary N) is 3. The van der Waals surface area contributed by atoms with Crippen LogP contribution in [0.4, 0.5) is 4.79 Å². The van der Waals surface area contributed by atoms with Gasteiger partial charge in [-0.3, -0.25) is 18.4 Å². The molecular formula is C5H6IN3O3. The standard InChI is InChI=1S/C5H6IN3O3/c6-9-4(11)2-1-3(10)8-5(12)7-2/h2H,1H2,(H,9,11)(H2,7,8,10,12)/t2-/m0/s1. The van der Waals surface area contributed by atoms with Crippen molar-refractivity contribution in [1.82, 2.24) is 14.2 Å². The van der Waals surface area contributed by atoms with Crippen LogP contribution >= 0.6 is 22.9 Å². The molecule has 1 rings (SSSR count). The molecule has 12 heavy (non-hydrogen) atoms.